The third-order valence-corrected chi connectivity index (χ3v) is 6.73. The predicted octanol–water partition coefficient (Wildman–Crippen LogP) is 1.16. The monoisotopic (exact) mass is 434 g/mol. The number of amides is 1. The lowest BCUT2D eigenvalue weighted by Crippen LogP contribution is -2.57. The third-order valence-electron chi connectivity index (χ3n) is 6.73. The number of hydrogen-bond donors (Lipinski definition) is 1. The van der Waals surface area contributed by atoms with Crippen molar-refractivity contribution in [3.63, 3.8) is 0 Å². The van der Waals surface area contributed by atoms with Gasteiger partial charge in [-0.15, -0.1) is 0 Å². The second kappa shape index (κ2) is 7.40. The van der Waals surface area contributed by atoms with E-state index in [0.29, 0.717) is 24.3 Å². The smallest absolute Gasteiger partial charge is 0.255 e. The Kier molecular flexibility index (Phi) is 4.49. The van der Waals surface area contributed by atoms with E-state index in [0.717, 1.165) is 55.3 Å². The number of carbonyl (C=O) groups excluding carboxylic acids is 1. The highest BCUT2D eigenvalue weighted by Crippen LogP contribution is 2.30. The first kappa shape index (κ1) is 19.4. The number of ether oxygens (including phenoxy) is 1. The SMILES string of the molecule is Cc1nc(N2CC3CC(C2)O3)ncc1Cn1cc(C(=O)N[C@@H]2CCc3c2ncn3C)cn1. The van der Waals surface area contributed by atoms with Crippen LogP contribution in [0.4, 0.5) is 5.95 Å². The number of carbonyl (C=O) groups is 1. The fourth-order valence-corrected chi connectivity index (χ4v) is 4.92. The number of fused-ring (bicyclic) bond motifs is 3. The highest BCUT2D eigenvalue weighted by molar-refractivity contribution is 5.94. The molecule has 4 aliphatic rings. The maximum absolute atomic E-state index is 12.8. The fraction of sp³-hybridized carbons (Fsp3) is 0.500. The van der Waals surface area contributed by atoms with Crippen LogP contribution < -0.4 is 10.2 Å². The Bertz CT molecular complexity index is 1170. The molecule has 3 fully saturated rings. The minimum atomic E-state index is -0.131. The summed E-state index contributed by atoms with van der Waals surface area (Å²) in [5.41, 5.74) is 4.61. The summed E-state index contributed by atoms with van der Waals surface area (Å²) >= 11 is 0. The molecule has 32 heavy (non-hydrogen) atoms. The van der Waals surface area contributed by atoms with Gasteiger partial charge < -0.3 is 19.5 Å². The van der Waals surface area contributed by atoms with Crippen LogP contribution in [0.3, 0.4) is 0 Å². The van der Waals surface area contributed by atoms with Gasteiger partial charge in [0.05, 0.1) is 48.6 Å². The second-order valence-electron chi connectivity index (χ2n) is 8.98. The van der Waals surface area contributed by atoms with Crippen LogP contribution in [0, 0.1) is 6.92 Å². The van der Waals surface area contributed by atoms with Crippen LogP contribution in [-0.2, 0) is 24.8 Å². The zero-order valence-corrected chi connectivity index (χ0v) is 18.2. The molecule has 3 saturated heterocycles. The quantitative estimate of drug-likeness (QED) is 0.643. The molecule has 1 aliphatic carbocycles. The summed E-state index contributed by atoms with van der Waals surface area (Å²) in [5, 5.41) is 7.47. The summed E-state index contributed by atoms with van der Waals surface area (Å²) in [6.45, 7) is 4.22. The molecule has 3 aromatic rings. The predicted molar refractivity (Wildman–Crippen MR) is 115 cm³/mol. The van der Waals surface area contributed by atoms with E-state index in [4.69, 9.17) is 9.72 Å². The van der Waals surface area contributed by atoms with Crippen molar-refractivity contribution in [3.05, 3.63) is 53.1 Å². The highest BCUT2D eigenvalue weighted by Gasteiger charge is 2.39. The molecule has 0 aromatic carbocycles. The summed E-state index contributed by atoms with van der Waals surface area (Å²) < 4.78 is 9.48. The standard InChI is InChI=1S/C22H26N8O2/c1-13-14(6-23-22(26-13)29-10-16-5-17(11-29)32-16)8-30-9-15(7-25-30)21(31)27-18-3-4-19-20(18)24-12-28(19)2/h6-7,9,12,16-18H,3-5,8,10-11H2,1-2H3,(H,27,31)/t16?,17?,18-/m1/s1. The van der Waals surface area contributed by atoms with Crippen molar-refractivity contribution < 1.29 is 9.53 Å². The molecule has 7 rings (SSSR count). The van der Waals surface area contributed by atoms with E-state index in [2.05, 4.69) is 25.3 Å². The van der Waals surface area contributed by atoms with Gasteiger partial charge in [-0.2, -0.15) is 5.10 Å². The molecule has 1 N–H and O–H groups in total. The van der Waals surface area contributed by atoms with E-state index in [1.165, 1.54) is 5.69 Å². The lowest BCUT2D eigenvalue weighted by Gasteiger charge is -2.47. The number of piperidine rings is 1. The molecule has 0 radical (unpaired) electrons. The lowest BCUT2D eigenvalue weighted by atomic mass is 9.99. The fourth-order valence-electron chi connectivity index (χ4n) is 4.92. The van der Waals surface area contributed by atoms with Crippen molar-refractivity contribution in [2.75, 3.05) is 18.0 Å². The molecule has 166 valence electrons. The molecule has 2 unspecified atom stereocenters. The first-order valence-corrected chi connectivity index (χ1v) is 11.1. The second-order valence-corrected chi connectivity index (χ2v) is 8.98. The van der Waals surface area contributed by atoms with E-state index < -0.39 is 0 Å². The topological polar surface area (TPSA) is 103 Å². The van der Waals surface area contributed by atoms with Crippen LogP contribution in [0.15, 0.2) is 24.9 Å². The first-order valence-electron chi connectivity index (χ1n) is 11.1. The van der Waals surface area contributed by atoms with Gasteiger partial charge >= 0.3 is 0 Å². The van der Waals surface area contributed by atoms with Gasteiger partial charge in [0.1, 0.15) is 0 Å². The zero-order chi connectivity index (χ0) is 21.8. The molecule has 0 spiro atoms. The van der Waals surface area contributed by atoms with Crippen LogP contribution in [0.1, 0.15) is 51.9 Å². The number of nitrogens with one attached hydrogen (secondary N) is 1. The minimum Gasteiger partial charge on any atom is -0.371 e. The van der Waals surface area contributed by atoms with Gasteiger partial charge in [0, 0.05) is 55.9 Å². The molecule has 2 bridgehead atoms. The minimum absolute atomic E-state index is 0.0449. The van der Waals surface area contributed by atoms with E-state index in [1.807, 2.05) is 24.7 Å². The van der Waals surface area contributed by atoms with E-state index in [-0.39, 0.29) is 11.9 Å². The number of aromatic nitrogens is 6. The lowest BCUT2D eigenvalue weighted by molar-refractivity contribution is -0.133. The molecule has 10 nitrogen and oxygen atoms in total. The first-order chi connectivity index (χ1) is 15.5. The van der Waals surface area contributed by atoms with E-state index in [1.54, 1.807) is 23.4 Å². The Morgan fingerprint density at radius 2 is 2.06 bits per heavy atom. The molecule has 10 heteroatoms. The number of aryl methyl sites for hydroxylation is 2. The maximum Gasteiger partial charge on any atom is 0.255 e. The number of anilines is 1. The average Bonchev–Trinajstić information content (AvgIpc) is 3.48. The van der Waals surface area contributed by atoms with Gasteiger partial charge in [-0.05, 0) is 19.8 Å². The molecular weight excluding hydrogens is 408 g/mol. The van der Waals surface area contributed by atoms with Crippen LogP contribution in [-0.4, -0.2) is 60.5 Å². The Balaban J connectivity index is 1.11. The average molecular weight is 435 g/mol. The molecule has 6 heterocycles. The van der Waals surface area contributed by atoms with Gasteiger partial charge in [0.2, 0.25) is 5.95 Å². The molecule has 3 aliphatic heterocycles. The van der Waals surface area contributed by atoms with Crippen molar-refractivity contribution in [1.29, 1.82) is 0 Å². The van der Waals surface area contributed by atoms with E-state index >= 15 is 0 Å². The van der Waals surface area contributed by atoms with Crippen molar-refractivity contribution in [2.45, 2.75) is 51.0 Å². The molecule has 3 atom stereocenters. The zero-order valence-electron chi connectivity index (χ0n) is 18.2. The van der Waals surface area contributed by atoms with Crippen molar-refractivity contribution >= 4 is 11.9 Å². The number of imidazole rings is 1. The number of morpholine rings is 1. The summed E-state index contributed by atoms with van der Waals surface area (Å²) in [5.74, 6) is 0.629. The molecule has 1 amide bonds. The number of rotatable bonds is 5. The van der Waals surface area contributed by atoms with Crippen LogP contribution >= 0.6 is 0 Å². The summed E-state index contributed by atoms with van der Waals surface area (Å²) in [4.78, 5) is 28.7. The van der Waals surface area contributed by atoms with Gasteiger partial charge in [0.15, 0.2) is 0 Å². The Labute approximate surface area is 185 Å². The molecule has 0 saturated carbocycles. The Hall–Kier alpha value is -3.27. The van der Waals surface area contributed by atoms with Crippen molar-refractivity contribution in [3.8, 4) is 0 Å². The van der Waals surface area contributed by atoms with Crippen LogP contribution in [0.2, 0.25) is 0 Å². The summed E-state index contributed by atoms with van der Waals surface area (Å²) in [6.07, 6.45) is 10.6. The largest absolute Gasteiger partial charge is 0.371 e. The molecular formula is C22H26N8O2. The van der Waals surface area contributed by atoms with E-state index in [9.17, 15) is 4.79 Å². The van der Waals surface area contributed by atoms with Gasteiger partial charge in [-0.25, -0.2) is 15.0 Å². The van der Waals surface area contributed by atoms with Gasteiger partial charge in [-0.3, -0.25) is 9.48 Å². The van der Waals surface area contributed by atoms with Crippen molar-refractivity contribution in [1.82, 2.24) is 34.6 Å². The van der Waals surface area contributed by atoms with Gasteiger partial charge in [-0.1, -0.05) is 0 Å². The molecule has 3 aromatic heterocycles. The normalized spacial score (nSPS) is 23.7. The highest BCUT2D eigenvalue weighted by atomic mass is 16.5. The number of hydrogen-bond acceptors (Lipinski definition) is 7. The van der Waals surface area contributed by atoms with Crippen molar-refractivity contribution in [2.24, 2.45) is 7.05 Å². The van der Waals surface area contributed by atoms with Crippen LogP contribution in [0.5, 0.6) is 0 Å². The Morgan fingerprint density at radius 1 is 1.25 bits per heavy atom. The number of nitrogens with zero attached hydrogens (tertiary/aromatic N) is 7. The third kappa shape index (κ3) is 3.35. The van der Waals surface area contributed by atoms with Crippen LogP contribution in [0.25, 0.3) is 0 Å². The van der Waals surface area contributed by atoms with Gasteiger partial charge in [0.25, 0.3) is 5.91 Å². The summed E-state index contributed by atoms with van der Waals surface area (Å²) in [6, 6.07) is -0.0449. The summed E-state index contributed by atoms with van der Waals surface area (Å²) in [7, 11) is 1.99. The Morgan fingerprint density at radius 3 is 2.84 bits per heavy atom. The maximum atomic E-state index is 12.8.